The number of aryl methyl sites for hydroxylation is 2. The quantitative estimate of drug-likeness (QED) is 0.724. The summed E-state index contributed by atoms with van der Waals surface area (Å²) in [6, 6.07) is 10.9. The minimum absolute atomic E-state index is 0.0133. The first kappa shape index (κ1) is 19.1. The predicted molar refractivity (Wildman–Crippen MR) is 110 cm³/mol. The highest BCUT2D eigenvalue weighted by Crippen LogP contribution is 2.30. The molecule has 1 N–H and O–H groups in total. The molecule has 0 aromatic heterocycles. The number of hydrogen-bond acceptors (Lipinski definition) is 3. The molecule has 0 spiro atoms. The van der Waals surface area contributed by atoms with Crippen LogP contribution >= 0.6 is 35.0 Å². The highest BCUT2D eigenvalue weighted by atomic mass is 35.5. The molecule has 7 heteroatoms. The first-order chi connectivity index (χ1) is 12.4. The Morgan fingerprint density at radius 1 is 1.19 bits per heavy atom. The molecule has 0 bridgehead atoms. The molecular weight excluding hydrogens is 391 g/mol. The maximum atomic E-state index is 12.6. The largest absolute Gasteiger partial charge is 0.324 e. The molecule has 1 aliphatic rings. The van der Waals surface area contributed by atoms with Gasteiger partial charge in [0.2, 0.25) is 5.91 Å². The molecule has 0 saturated carbocycles. The first-order valence-electron chi connectivity index (χ1n) is 8.23. The summed E-state index contributed by atoms with van der Waals surface area (Å²) < 4.78 is 0. The van der Waals surface area contributed by atoms with Crippen LogP contribution in [0.25, 0.3) is 0 Å². The maximum absolute atomic E-state index is 12.6. The molecule has 2 aromatic carbocycles. The smallest absolute Gasteiger partial charge is 0.286 e. The minimum Gasteiger partial charge on any atom is -0.324 e. The fraction of sp³-hybridized carbons (Fsp3) is 0.263. The molecule has 0 atom stereocenters. The van der Waals surface area contributed by atoms with Crippen molar-refractivity contribution in [3.63, 3.8) is 0 Å². The molecule has 0 aliphatic carbocycles. The average Bonchev–Trinajstić information content (AvgIpc) is 2.62. The fourth-order valence-electron chi connectivity index (χ4n) is 2.90. The van der Waals surface area contributed by atoms with Crippen molar-refractivity contribution in [1.29, 1.82) is 0 Å². The van der Waals surface area contributed by atoms with Crippen LogP contribution in [0.5, 0.6) is 0 Å². The molecule has 0 fully saturated rings. The van der Waals surface area contributed by atoms with Crippen molar-refractivity contribution in [2.24, 2.45) is 0 Å². The molecule has 3 rings (SSSR count). The molecule has 0 unspecified atom stereocenters. The second kappa shape index (κ2) is 8.33. The number of benzene rings is 2. The summed E-state index contributed by atoms with van der Waals surface area (Å²) in [5.41, 5.74) is 3.75. The number of carbonyl (C=O) groups excluding carboxylic acids is 2. The number of rotatable bonds is 3. The van der Waals surface area contributed by atoms with Crippen molar-refractivity contribution >= 4 is 57.5 Å². The summed E-state index contributed by atoms with van der Waals surface area (Å²) in [4.78, 5) is 26.5. The van der Waals surface area contributed by atoms with E-state index in [1.807, 2.05) is 19.1 Å². The van der Waals surface area contributed by atoms with E-state index in [1.165, 1.54) is 11.1 Å². The van der Waals surface area contributed by atoms with Gasteiger partial charge in [-0.25, -0.2) is 0 Å². The number of halogens is 2. The van der Waals surface area contributed by atoms with Crippen LogP contribution in [0, 0.1) is 6.92 Å². The lowest BCUT2D eigenvalue weighted by Crippen LogP contribution is -2.33. The summed E-state index contributed by atoms with van der Waals surface area (Å²) in [5.74, 6) is -0.284. The zero-order chi connectivity index (χ0) is 18.7. The topological polar surface area (TPSA) is 49.4 Å². The summed E-state index contributed by atoms with van der Waals surface area (Å²) >= 11 is 12.9. The summed E-state index contributed by atoms with van der Waals surface area (Å²) in [7, 11) is 0. The lowest BCUT2D eigenvalue weighted by molar-refractivity contribution is -0.113. The molecular formula is C19H18Cl2N2O2S. The van der Waals surface area contributed by atoms with Gasteiger partial charge in [-0.3, -0.25) is 9.59 Å². The zero-order valence-electron chi connectivity index (χ0n) is 14.2. The third-order valence-corrected chi connectivity index (χ3v) is 5.54. The van der Waals surface area contributed by atoms with E-state index in [2.05, 4.69) is 11.4 Å². The van der Waals surface area contributed by atoms with Crippen LogP contribution < -0.4 is 10.2 Å². The fourth-order valence-corrected chi connectivity index (χ4v) is 3.91. The van der Waals surface area contributed by atoms with Crippen LogP contribution in [0.15, 0.2) is 36.4 Å². The summed E-state index contributed by atoms with van der Waals surface area (Å²) in [5, 5.41) is 3.45. The molecule has 136 valence electrons. The Morgan fingerprint density at radius 3 is 2.81 bits per heavy atom. The number of thioether (sulfide) groups is 1. The Bertz CT molecular complexity index is 857. The monoisotopic (exact) mass is 408 g/mol. The molecule has 0 saturated heterocycles. The van der Waals surface area contributed by atoms with Crippen LogP contribution in [-0.4, -0.2) is 23.4 Å². The number of nitrogens with zero attached hydrogens (tertiary/aromatic N) is 1. The standard InChI is InChI=1S/C19H18Cl2N2O2S/c1-12-4-7-17-13(9-12)3-2-8-23(17)19(25)26-11-18(24)22-16-10-14(20)5-6-15(16)21/h4-7,9-10H,2-3,8,11H2,1H3,(H,22,24). The second-order valence-corrected chi connectivity index (χ2v) is 7.88. The Kier molecular flexibility index (Phi) is 6.12. The van der Waals surface area contributed by atoms with Crippen molar-refractivity contribution in [1.82, 2.24) is 0 Å². The second-order valence-electron chi connectivity index (χ2n) is 6.11. The van der Waals surface area contributed by atoms with Crippen LogP contribution in [0.2, 0.25) is 10.0 Å². The first-order valence-corrected chi connectivity index (χ1v) is 9.97. The van der Waals surface area contributed by atoms with Gasteiger partial charge in [-0.1, -0.05) is 52.7 Å². The Balaban J connectivity index is 1.61. The van der Waals surface area contributed by atoms with Gasteiger partial charge in [-0.15, -0.1) is 0 Å². The molecule has 2 amide bonds. The lowest BCUT2D eigenvalue weighted by Gasteiger charge is -2.29. The van der Waals surface area contributed by atoms with Crippen molar-refractivity contribution < 1.29 is 9.59 Å². The van der Waals surface area contributed by atoms with Gasteiger partial charge in [0.15, 0.2) is 0 Å². The van der Waals surface area contributed by atoms with E-state index >= 15 is 0 Å². The van der Waals surface area contributed by atoms with E-state index in [0.29, 0.717) is 22.3 Å². The number of fused-ring (bicyclic) bond motifs is 1. The van der Waals surface area contributed by atoms with E-state index < -0.39 is 0 Å². The summed E-state index contributed by atoms with van der Waals surface area (Å²) in [6.07, 6.45) is 1.90. The number of amides is 2. The van der Waals surface area contributed by atoms with Gasteiger partial charge in [0.05, 0.1) is 16.5 Å². The van der Waals surface area contributed by atoms with Crippen LogP contribution in [0.4, 0.5) is 16.2 Å². The Hall–Kier alpha value is -1.69. The van der Waals surface area contributed by atoms with Gasteiger partial charge in [0.25, 0.3) is 5.24 Å². The van der Waals surface area contributed by atoms with Gasteiger partial charge < -0.3 is 10.2 Å². The average molecular weight is 409 g/mol. The van der Waals surface area contributed by atoms with Gasteiger partial charge in [-0.2, -0.15) is 0 Å². The number of nitrogens with one attached hydrogen (secondary N) is 1. The highest BCUT2D eigenvalue weighted by molar-refractivity contribution is 8.14. The van der Waals surface area contributed by atoms with Crippen molar-refractivity contribution in [3.8, 4) is 0 Å². The third kappa shape index (κ3) is 4.53. The molecule has 1 aliphatic heterocycles. The molecule has 1 heterocycles. The van der Waals surface area contributed by atoms with Gasteiger partial charge in [-0.05, 0) is 49.6 Å². The Morgan fingerprint density at radius 2 is 2.00 bits per heavy atom. The maximum Gasteiger partial charge on any atom is 0.286 e. The van der Waals surface area contributed by atoms with Gasteiger partial charge in [0.1, 0.15) is 0 Å². The van der Waals surface area contributed by atoms with Gasteiger partial charge in [0, 0.05) is 17.3 Å². The van der Waals surface area contributed by atoms with Crippen LogP contribution in [-0.2, 0) is 11.2 Å². The van der Waals surface area contributed by atoms with E-state index in [1.54, 1.807) is 23.1 Å². The predicted octanol–water partition coefficient (Wildman–Crippen LogP) is 5.55. The molecule has 0 radical (unpaired) electrons. The number of anilines is 2. The zero-order valence-corrected chi connectivity index (χ0v) is 16.5. The SMILES string of the molecule is Cc1ccc2c(c1)CCCN2C(=O)SCC(=O)Nc1cc(Cl)ccc1Cl. The van der Waals surface area contributed by atoms with Crippen molar-refractivity contribution in [2.45, 2.75) is 19.8 Å². The van der Waals surface area contributed by atoms with E-state index in [4.69, 9.17) is 23.2 Å². The molecule has 2 aromatic rings. The highest BCUT2D eigenvalue weighted by Gasteiger charge is 2.23. The lowest BCUT2D eigenvalue weighted by atomic mass is 10.0. The summed E-state index contributed by atoms with van der Waals surface area (Å²) in [6.45, 7) is 2.71. The Labute approximate surface area is 166 Å². The molecule has 26 heavy (non-hydrogen) atoms. The van der Waals surface area contributed by atoms with E-state index in [-0.39, 0.29) is 16.9 Å². The number of hydrogen-bond donors (Lipinski definition) is 1. The normalized spacial score (nSPS) is 13.3. The minimum atomic E-state index is -0.298. The van der Waals surface area contributed by atoms with E-state index in [9.17, 15) is 9.59 Å². The number of carbonyl (C=O) groups is 2. The van der Waals surface area contributed by atoms with Crippen LogP contribution in [0.1, 0.15) is 17.5 Å². The third-order valence-electron chi connectivity index (χ3n) is 4.10. The molecule has 4 nitrogen and oxygen atoms in total. The van der Waals surface area contributed by atoms with E-state index in [0.717, 1.165) is 30.3 Å². The van der Waals surface area contributed by atoms with Crippen molar-refractivity contribution in [3.05, 3.63) is 57.6 Å². The van der Waals surface area contributed by atoms with Crippen molar-refractivity contribution in [2.75, 3.05) is 22.5 Å². The van der Waals surface area contributed by atoms with Gasteiger partial charge >= 0.3 is 0 Å². The van der Waals surface area contributed by atoms with Crippen LogP contribution in [0.3, 0.4) is 0 Å².